The van der Waals surface area contributed by atoms with E-state index < -0.39 is 6.17 Å². The highest BCUT2D eigenvalue weighted by Crippen LogP contribution is 2.27. The molecule has 1 unspecified atom stereocenters. The summed E-state index contributed by atoms with van der Waals surface area (Å²) < 4.78 is 13.4. The zero-order valence-corrected chi connectivity index (χ0v) is 13.3. The lowest BCUT2D eigenvalue weighted by Crippen LogP contribution is -2.44. The number of piperidine rings is 1. The number of likely N-dealkylation sites (tertiary alicyclic amines) is 1. The molecule has 2 fully saturated rings. The largest absolute Gasteiger partial charge is 0.371 e. The van der Waals surface area contributed by atoms with Gasteiger partial charge in [-0.05, 0) is 43.5 Å². The monoisotopic (exact) mass is 314 g/mol. The quantitative estimate of drug-likeness (QED) is 0.945. The molecule has 4 nitrogen and oxygen atoms in total. The molecular weight excluding hydrogens is 291 g/mol. The number of aromatic nitrogens is 2. The molecule has 2 aliphatic rings. The molecule has 2 saturated heterocycles. The van der Waals surface area contributed by atoms with Gasteiger partial charge in [-0.25, -0.2) is 9.37 Å². The summed E-state index contributed by atoms with van der Waals surface area (Å²) >= 11 is 0. The molecule has 5 heteroatoms. The normalized spacial score (nSPS) is 23.5. The Balaban J connectivity index is 1.37. The number of hydrogen-bond donors (Lipinski definition) is 1. The van der Waals surface area contributed by atoms with Crippen LogP contribution in [0.15, 0.2) is 36.7 Å². The first kappa shape index (κ1) is 14.7. The minimum atomic E-state index is -0.609. The van der Waals surface area contributed by atoms with Crippen LogP contribution in [0.3, 0.4) is 0 Å². The smallest absolute Gasteiger partial charge is 0.137 e. The van der Waals surface area contributed by atoms with E-state index in [1.807, 2.05) is 6.20 Å². The zero-order valence-electron chi connectivity index (χ0n) is 13.3. The molecule has 1 aromatic carbocycles. The maximum atomic E-state index is 13.4. The molecule has 2 aromatic rings. The number of nitrogens with zero attached hydrogens (tertiary/aromatic N) is 3. The lowest BCUT2D eigenvalue weighted by Gasteiger charge is -2.37. The molecule has 0 aliphatic carbocycles. The van der Waals surface area contributed by atoms with Gasteiger partial charge in [0.15, 0.2) is 0 Å². The molecule has 4 rings (SSSR count). The average molecular weight is 314 g/mol. The van der Waals surface area contributed by atoms with Crippen LogP contribution in [0, 0.1) is 0 Å². The highest BCUT2D eigenvalue weighted by molar-refractivity contribution is 5.60. The Morgan fingerprint density at radius 1 is 1.04 bits per heavy atom. The molecule has 0 bridgehead atoms. The molecule has 0 radical (unpaired) electrons. The van der Waals surface area contributed by atoms with Crippen LogP contribution in [0.1, 0.15) is 19.3 Å². The molecule has 3 heterocycles. The van der Waals surface area contributed by atoms with Gasteiger partial charge < -0.3 is 9.88 Å². The number of aromatic amines is 1. The van der Waals surface area contributed by atoms with Crippen molar-refractivity contribution in [2.24, 2.45) is 0 Å². The van der Waals surface area contributed by atoms with Crippen LogP contribution < -0.4 is 4.90 Å². The van der Waals surface area contributed by atoms with Crippen LogP contribution >= 0.6 is 0 Å². The summed E-state index contributed by atoms with van der Waals surface area (Å²) in [6.45, 7) is 3.68. The number of nitrogens with one attached hydrogen (secondary N) is 1. The molecule has 0 saturated carbocycles. The molecule has 1 atom stereocenters. The van der Waals surface area contributed by atoms with E-state index in [0.29, 0.717) is 19.0 Å². The average Bonchev–Trinajstić information content (AvgIpc) is 3.27. The number of H-pyrrole nitrogens is 1. The summed E-state index contributed by atoms with van der Waals surface area (Å²) in [6, 6.07) is 9.15. The molecule has 122 valence electrons. The van der Waals surface area contributed by atoms with Crippen molar-refractivity contribution < 1.29 is 4.39 Å². The van der Waals surface area contributed by atoms with Gasteiger partial charge in [0.2, 0.25) is 0 Å². The Kier molecular flexibility index (Phi) is 4.04. The van der Waals surface area contributed by atoms with Crippen LogP contribution in [0.5, 0.6) is 0 Å². The van der Waals surface area contributed by atoms with Gasteiger partial charge in [0.05, 0.1) is 0 Å². The maximum absolute atomic E-state index is 13.4. The van der Waals surface area contributed by atoms with Crippen molar-refractivity contribution in [3.63, 3.8) is 0 Å². The van der Waals surface area contributed by atoms with Crippen molar-refractivity contribution >= 4 is 5.69 Å². The number of anilines is 1. The standard InChI is InChI=1S/C18H23FN4/c19-15-5-10-23(13-15)17-6-11-22(12-7-17)16-3-1-14(2-4-16)18-20-8-9-21-18/h1-4,8-9,15,17H,5-7,10-13H2,(H,20,21). The molecule has 2 aliphatic heterocycles. The zero-order chi connectivity index (χ0) is 15.6. The molecule has 1 N–H and O–H groups in total. The van der Waals surface area contributed by atoms with Gasteiger partial charge in [-0.1, -0.05) is 0 Å². The van der Waals surface area contributed by atoms with Gasteiger partial charge in [-0.3, -0.25) is 4.90 Å². The number of halogens is 1. The van der Waals surface area contributed by atoms with E-state index in [2.05, 4.69) is 44.0 Å². The van der Waals surface area contributed by atoms with Crippen LogP contribution in [0.25, 0.3) is 11.4 Å². The van der Waals surface area contributed by atoms with E-state index in [4.69, 9.17) is 0 Å². The Morgan fingerprint density at radius 2 is 1.83 bits per heavy atom. The summed E-state index contributed by atoms with van der Waals surface area (Å²) in [5.74, 6) is 0.907. The van der Waals surface area contributed by atoms with E-state index in [-0.39, 0.29) is 0 Å². The summed E-state index contributed by atoms with van der Waals surface area (Å²) in [6.07, 6.45) is 5.98. The van der Waals surface area contributed by atoms with E-state index in [1.54, 1.807) is 6.20 Å². The fourth-order valence-corrected chi connectivity index (χ4v) is 3.82. The van der Waals surface area contributed by atoms with Crippen LogP contribution in [-0.4, -0.2) is 53.3 Å². The van der Waals surface area contributed by atoms with E-state index >= 15 is 0 Å². The molecule has 0 amide bonds. The van der Waals surface area contributed by atoms with Gasteiger partial charge in [0.1, 0.15) is 12.0 Å². The second kappa shape index (κ2) is 6.32. The highest BCUT2D eigenvalue weighted by Gasteiger charge is 2.30. The summed E-state index contributed by atoms with van der Waals surface area (Å²) in [5, 5.41) is 0. The van der Waals surface area contributed by atoms with Gasteiger partial charge in [0.25, 0.3) is 0 Å². The fourth-order valence-electron chi connectivity index (χ4n) is 3.82. The van der Waals surface area contributed by atoms with Crippen molar-refractivity contribution in [2.45, 2.75) is 31.5 Å². The lowest BCUT2D eigenvalue weighted by atomic mass is 10.0. The Morgan fingerprint density at radius 3 is 2.43 bits per heavy atom. The van der Waals surface area contributed by atoms with Crippen molar-refractivity contribution in [1.29, 1.82) is 0 Å². The number of rotatable bonds is 3. The lowest BCUT2D eigenvalue weighted by molar-refractivity contribution is 0.192. The van der Waals surface area contributed by atoms with Crippen LogP contribution in [0.2, 0.25) is 0 Å². The minimum Gasteiger partial charge on any atom is -0.371 e. The first-order valence-electron chi connectivity index (χ1n) is 8.52. The predicted octanol–water partition coefficient (Wildman–Crippen LogP) is 3.09. The number of imidazole rings is 1. The van der Waals surface area contributed by atoms with Gasteiger partial charge in [-0.2, -0.15) is 0 Å². The van der Waals surface area contributed by atoms with Gasteiger partial charge in [0, 0.05) is 55.9 Å². The Labute approximate surface area is 136 Å². The van der Waals surface area contributed by atoms with E-state index in [9.17, 15) is 4.39 Å². The SMILES string of the molecule is FC1CCN(C2CCN(c3ccc(-c4ncc[nH]4)cc3)CC2)C1. The van der Waals surface area contributed by atoms with Gasteiger partial charge in [-0.15, -0.1) is 0 Å². The minimum absolute atomic E-state index is 0.564. The summed E-state index contributed by atoms with van der Waals surface area (Å²) in [7, 11) is 0. The number of alkyl halides is 1. The second-order valence-corrected chi connectivity index (χ2v) is 6.58. The summed E-state index contributed by atoms with van der Waals surface area (Å²) in [5.41, 5.74) is 2.38. The molecule has 1 aromatic heterocycles. The third-order valence-electron chi connectivity index (χ3n) is 5.15. The van der Waals surface area contributed by atoms with Crippen LogP contribution in [0.4, 0.5) is 10.1 Å². The molecule has 0 spiro atoms. The Hall–Kier alpha value is -1.88. The first-order chi connectivity index (χ1) is 11.3. The molecular formula is C18H23FN4. The fraction of sp³-hybridized carbons (Fsp3) is 0.500. The number of benzene rings is 1. The van der Waals surface area contributed by atoms with Crippen LogP contribution in [-0.2, 0) is 0 Å². The predicted molar refractivity (Wildman–Crippen MR) is 90.3 cm³/mol. The van der Waals surface area contributed by atoms with E-state index in [1.165, 1.54) is 5.69 Å². The highest BCUT2D eigenvalue weighted by atomic mass is 19.1. The third kappa shape index (κ3) is 3.11. The van der Waals surface area contributed by atoms with E-state index in [0.717, 1.165) is 43.9 Å². The van der Waals surface area contributed by atoms with Crippen molar-refractivity contribution in [2.75, 3.05) is 31.1 Å². The Bertz CT molecular complexity index is 617. The first-order valence-corrected chi connectivity index (χ1v) is 8.52. The third-order valence-corrected chi connectivity index (χ3v) is 5.15. The second-order valence-electron chi connectivity index (χ2n) is 6.58. The van der Waals surface area contributed by atoms with Crippen molar-refractivity contribution in [3.8, 4) is 11.4 Å². The van der Waals surface area contributed by atoms with Crippen molar-refractivity contribution in [3.05, 3.63) is 36.7 Å². The number of hydrogen-bond acceptors (Lipinski definition) is 3. The summed E-state index contributed by atoms with van der Waals surface area (Å²) in [4.78, 5) is 12.2. The van der Waals surface area contributed by atoms with Crippen molar-refractivity contribution in [1.82, 2.24) is 14.9 Å². The topological polar surface area (TPSA) is 35.2 Å². The van der Waals surface area contributed by atoms with Gasteiger partial charge >= 0.3 is 0 Å². The molecule has 23 heavy (non-hydrogen) atoms. The maximum Gasteiger partial charge on any atom is 0.137 e.